The fraction of sp³-hybridized carbons (Fsp3) is 0.500. The summed E-state index contributed by atoms with van der Waals surface area (Å²) in [6, 6.07) is 8.50. The summed E-state index contributed by atoms with van der Waals surface area (Å²) < 4.78 is 0. The first-order valence-corrected chi connectivity index (χ1v) is 9.96. The van der Waals surface area contributed by atoms with Gasteiger partial charge in [-0.25, -0.2) is 4.98 Å². The Morgan fingerprint density at radius 1 is 1.22 bits per heavy atom. The fourth-order valence-corrected chi connectivity index (χ4v) is 4.11. The number of hydrogen-bond donors (Lipinski definition) is 1. The Balaban J connectivity index is 0.00000182. The van der Waals surface area contributed by atoms with Gasteiger partial charge in [0, 0.05) is 24.0 Å². The van der Waals surface area contributed by atoms with Crippen molar-refractivity contribution in [2.45, 2.75) is 32.6 Å². The maximum absolute atomic E-state index is 12.7. The summed E-state index contributed by atoms with van der Waals surface area (Å²) in [5.74, 6) is 1.28. The summed E-state index contributed by atoms with van der Waals surface area (Å²) >= 11 is 1.55. The molecule has 1 aromatic carbocycles. The Bertz CT molecular complexity index is 710. The predicted molar refractivity (Wildman–Crippen MR) is 119 cm³/mol. The van der Waals surface area contributed by atoms with Crippen LogP contribution in [0, 0.1) is 5.92 Å². The minimum atomic E-state index is 0. The van der Waals surface area contributed by atoms with E-state index in [0.29, 0.717) is 17.5 Å². The molecule has 0 unspecified atom stereocenters. The van der Waals surface area contributed by atoms with Crippen LogP contribution in [0.3, 0.4) is 0 Å². The number of rotatable bonds is 5. The molecule has 27 heavy (non-hydrogen) atoms. The van der Waals surface area contributed by atoms with Crippen LogP contribution in [0.25, 0.3) is 10.6 Å². The molecule has 3 rings (SSSR count). The van der Waals surface area contributed by atoms with E-state index < -0.39 is 0 Å². The molecule has 1 aliphatic heterocycles. The number of nitrogens with one attached hydrogen (secondary N) is 1. The van der Waals surface area contributed by atoms with Gasteiger partial charge in [-0.1, -0.05) is 38.1 Å². The van der Waals surface area contributed by atoms with Crippen LogP contribution in [0.4, 0.5) is 0 Å². The van der Waals surface area contributed by atoms with E-state index >= 15 is 0 Å². The smallest absolute Gasteiger partial charge is 0.273 e. The van der Waals surface area contributed by atoms with Gasteiger partial charge < -0.3 is 10.2 Å². The van der Waals surface area contributed by atoms with Crippen molar-refractivity contribution in [1.29, 1.82) is 0 Å². The third-order valence-corrected chi connectivity index (χ3v) is 5.83. The molecular weight excluding hydrogens is 401 g/mol. The summed E-state index contributed by atoms with van der Waals surface area (Å²) in [5.41, 5.74) is 2.99. The highest BCUT2D eigenvalue weighted by molar-refractivity contribution is 7.13. The number of halogens is 2. The van der Waals surface area contributed by atoms with Crippen LogP contribution in [0.15, 0.2) is 29.6 Å². The molecule has 0 spiro atoms. The maximum atomic E-state index is 12.7. The molecule has 4 nitrogen and oxygen atoms in total. The number of benzene rings is 1. The lowest BCUT2D eigenvalue weighted by molar-refractivity contribution is 0.0686. The van der Waals surface area contributed by atoms with Crippen LogP contribution in [-0.4, -0.2) is 42.5 Å². The first kappa shape index (κ1) is 23.9. The quantitative estimate of drug-likeness (QED) is 0.738. The number of carbonyl (C=O) groups is 1. The van der Waals surface area contributed by atoms with Crippen LogP contribution in [0.1, 0.15) is 48.7 Å². The largest absolute Gasteiger partial charge is 0.337 e. The molecule has 1 amide bonds. The number of aromatic nitrogens is 1. The predicted octanol–water partition coefficient (Wildman–Crippen LogP) is 4.85. The SMILES string of the molecule is CNCC1CCN(C(=O)c2csc(-c3ccc(C(C)C)cc3)n2)CC1.Cl.Cl. The van der Waals surface area contributed by atoms with Gasteiger partial charge in [-0.2, -0.15) is 0 Å². The minimum absolute atomic E-state index is 0. The zero-order valence-electron chi connectivity index (χ0n) is 16.1. The topological polar surface area (TPSA) is 45.2 Å². The molecule has 2 heterocycles. The van der Waals surface area contributed by atoms with Gasteiger partial charge in [0.2, 0.25) is 0 Å². The zero-order chi connectivity index (χ0) is 17.8. The Labute approximate surface area is 178 Å². The van der Waals surface area contributed by atoms with E-state index in [0.717, 1.165) is 43.0 Å². The highest BCUT2D eigenvalue weighted by Gasteiger charge is 2.24. The van der Waals surface area contributed by atoms with Gasteiger partial charge in [-0.05, 0) is 43.8 Å². The molecule has 1 aliphatic rings. The number of hydrogen-bond acceptors (Lipinski definition) is 4. The average Bonchev–Trinajstić information content (AvgIpc) is 3.12. The lowest BCUT2D eigenvalue weighted by Gasteiger charge is -2.31. The van der Waals surface area contributed by atoms with Gasteiger partial charge in [-0.15, -0.1) is 36.2 Å². The number of carbonyl (C=O) groups excluding carboxylic acids is 1. The van der Waals surface area contributed by atoms with Crippen molar-refractivity contribution in [2.24, 2.45) is 5.92 Å². The van der Waals surface area contributed by atoms with E-state index in [9.17, 15) is 4.79 Å². The van der Waals surface area contributed by atoms with Gasteiger partial charge in [0.15, 0.2) is 0 Å². The van der Waals surface area contributed by atoms with E-state index in [2.05, 4.69) is 48.4 Å². The summed E-state index contributed by atoms with van der Waals surface area (Å²) in [7, 11) is 1.99. The van der Waals surface area contributed by atoms with Gasteiger partial charge in [0.1, 0.15) is 10.7 Å². The molecule has 0 aliphatic carbocycles. The van der Waals surface area contributed by atoms with Crippen LogP contribution in [0.2, 0.25) is 0 Å². The number of piperidine rings is 1. The van der Waals surface area contributed by atoms with Crippen LogP contribution in [0.5, 0.6) is 0 Å². The van der Waals surface area contributed by atoms with Crippen molar-refractivity contribution in [3.8, 4) is 10.6 Å². The van der Waals surface area contributed by atoms with Crippen molar-refractivity contribution in [2.75, 3.05) is 26.7 Å². The second-order valence-electron chi connectivity index (χ2n) is 7.11. The van der Waals surface area contributed by atoms with E-state index in [-0.39, 0.29) is 30.7 Å². The van der Waals surface area contributed by atoms with Crippen molar-refractivity contribution < 1.29 is 4.79 Å². The van der Waals surface area contributed by atoms with Crippen LogP contribution >= 0.6 is 36.2 Å². The molecule has 0 bridgehead atoms. The molecule has 150 valence electrons. The normalized spacial score (nSPS) is 14.6. The Morgan fingerprint density at radius 3 is 2.41 bits per heavy atom. The number of thiazole rings is 1. The van der Waals surface area contributed by atoms with E-state index in [1.165, 1.54) is 5.56 Å². The molecule has 1 fully saturated rings. The highest BCUT2D eigenvalue weighted by Crippen LogP contribution is 2.27. The van der Waals surface area contributed by atoms with Gasteiger partial charge in [0.05, 0.1) is 0 Å². The molecule has 1 N–H and O–H groups in total. The lowest BCUT2D eigenvalue weighted by atomic mass is 9.97. The third kappa shape index (κ3) is 5.92. The van der Waals surface area contributed by atoms with Gasteiger partial charge >= 0.3 is 0 Å². The number of amides is 1. The van der Waals surface area contributed by atoms with E-state index in [1.807, 2.05) is 17.3 Å². The third-order valence-electron chi connectivity index (χ3n) is 4.94. The molecule has 0 atom stereocenters. The van der Waals surface area contributed by atoms with E-state index in [1.54, 1.807) is 11.3 Å². The lowest BCUT2D eigenvalue weighted by Crippen LogP contribution is -2.40. The van der Waals surface area contributed by atoms with E-state index in [4.69, 9.17) is 0 Å². The first-order valence-electron chi connectivity index (χ1n) is 9.08. The molecule has 0 radical (unpaired) electrons. The summed E-state index contributed by atoms with van der Waals surface area (Å²) in [6.07, 6.45) is 2.14. The van der Waals surface area contributed by atoms with Crippen molar-refractivity contribution in [3.63, 3.8) is 0 Å². The minimum Gasteiger partial charge on any atom is -0.337 e. The second-order valence-corrected chi connectivity index (χ2v) is 7.97. The zero-order valence-corrected chi connectivity index (χ0v) is 18.6. The molecule has 1 aromatic heterocycles. The van der Waals surface area contributed by atoms with Crippen LogP contribution in [-0.2, 0) is 0 Å². The van der Waals surface area contributed by atoms with Crippen molar-refractivity contribution >= 4 is 42.1 Å². The molecule has 2 aromatic rings. The van der Waals surface area contributed by atoms with Crippen molar-refractivity contribution in [3.05, 3.63) is 40.9 Å². The Hall–Kier alpha value is -1.14. The standard InChI is InChI=1S/C20H27N3OS.2ClH/c1-14(2)16-4-6-17(7-5-16)19-22-18(13-25-19)20(24)23-10-8-15(9-11-23)12-21-3;;/h4-7,13-15,21H,8-12H2,1-3H3;2*1H. The van der Waals surface area contributed by atoms with Gasteiger partial charge in [-0.3, -0.25) is 4.79 Å². The molecule has 0 saturated carbocycles. The average molecular weight is 430 g/mol. The number of likely N-dealkylation sites (tertiary alicyclic amines) is 1. The van der Waals surface area contributed by atoms with Crippen molar-refractivity contribution in [1.82, 2.24) is 15.2 Å². The molecule has 7 heteroatoms. The number of nitrogens with zero attached hydrogens (tertiary/aromatic N) is 2. The summed E-state index contributed by atoms with van der Waals surface area (Å²) in [6.45, 7) is 7.08. The monoisotopic (exact) mass is 429 g/mol. The molecule has 1 saturated heterocycles. The Kier molecular flexibility index (Phi) is 9.74. The van der Waals surface area contributed by atoms with Gasteiger partial charge in [0.25, 0.3) is 5.91 Å². The fourth-order valence-electron chi connectivity index (χ4n) is 3.31. The first-order chi connectivity index (χ1) is 12.1. The second kappa shape index (κ2) is 11.0. The summed E-state index contributed by atoms with van der Waals surface area (Å²) in [5, 5.41) is 6.05. The highest BCUT2D eigenvalue weighted by atomic mass is 35.5. The molecular formula is C20H29Cl2N3OS. The van der Waals surface area contributed by atoms with Crippen LogP contribution < -0.4 is 5.32 Å². The maximum Gasteiger partial charge on any atom is 0.273 e. The summed E-state index contributed by atoms with van der Waals surface area (Å²) in [4.78, 5) is 19.3. The Morgan fingerprint density at radius 2 is 1.85 bits per heavy atom.